The van der Waals surface area contributed by atoms with Gasteiger partial charge in [-0.25, -0.2) is 0 Å². The molecule has 0 aromatic heterocycles. The van der Waals surface area contributed by atoms with Gasteiger partial charge in [0.25, 0.3) is 0 Å². The van der Waals surface area contributed by atoms with E-state index in [-0.39, 0.29) is 5.92 Å². The molecule has 0 fully saturated rings. The molecule has 2 atom stereocenters. The summed E-state index contributed by atoms with van der Waals surface area (Å²) in [5, 5.41) is 12.2. The first-order valence-corrected chi connectivity index (χ1v) is 12.7. The van der Waals surface area contributed by atoms with Crippen molar-refractivity contribution in [2.24, 2.45) is 5.92 Å². The van der Waals surface area contributed by atoms with E-state index in [9.17, 15) is 9.90 Å². The van der Waals surface area contributed by atoms with E-state index < -0.39 is 11.5 Å². The zero-order valence-electron chi connectivity index (χ0n) is 20.9. The van der Waals surface area contributed by atoms with Crippen molar-refractivity contribution in [3.05, 3.63) is 0 Å². The van der Waals surface area contributed by atoms with Gasteiger partial charge in [0.15, 0.2) is 0 Å². The summed E-state index contributed by atoms with van der Waals surface area (Å²) in [5.74, 6) is -0.680. The third kappa shape index (κ3) is 11.4. The molecule has 3 heteroatoms. The molecule has 0 rings (SSSR count). The van der Waals surface area contributed by atoms with Gasteiger partial charge in [0.05, 0.1) is 21.1 Å². The molecular formula is C26H53NO2. The van der Waals surface area contributed by atoms with Crippen LogP contribution in [0.5, 0.6) is 0 Å². The second kappa shape index (κ2) is 16.2. The van der Waals surface area contributed by atoms with Crippen molar-refractivity contribution in [1.29, 1.82) is 0 Å². The highest BCUT2D eigenvalue weighted by Crippen LogP contribution is 2.35. The van der Waals surface area contributed by atoms with Crippen molar-refractivity contribution < 1.29 is 14.4 Å². The van der Waals surface area contributed by atoms with Crippen LogP contribution in [-0.2, 0) is 4.79 Å². The van der Waals surface area contributed by atoms with Gasteiger partial charge in [0.2, 0.25) is 0 Å². The average molecular weight is 412 g/mol. The van der Waals surface area contributed by atoms with Crippen molar-refractivity contribution in [3.8, 4) is 0 Å². The lowest BCUT2D eigenvalue weighted by Gasteiger charge is -2.49. The van der Waals surface area contributed by atoms with Crippen LogP contribution < -0.4 is 5.11 Å². The Bertz CT molecular complexity index is 402. The molecule has 174 valence electrons. The minimum atomic E-state index is -0.878. The number of nitrogens with zero attached hydrogens (tertiary/aromatic N) is 1. The van der Waals surface area contributed by atoms with E-state index >= 15 is 0 Å². The Morgan fingerprint density at radius 1 is 0.690 bits per heavy atom. The highest BCUT2D eigenvalue weighted by atomic mass is 16.4. The molecule has 0 heterocycles. The first kappa shape index (κ1) is 28.4. The molecule has 29 heavy (non-hydrogen) atoms. The number of rotatable bonds is 20. The zero-order valence-corrected chi connectivity index (χ0v) is 20.9. The molecular weight excluding hydrogens is 358 g/mol. The monoisotopic (exact) mass is 411 g/mol. The van der Waals surface area contributed by atoms with Crippen LogP contribution in [0.1, 0.15) is 130 Å². The van der Waals surface area contributed by atoms with Crippen LogP contribution >= 0.6 is 0 Å². The summed E-state index contributed by atoms with van der Waals surface area (Å²) in [7, 11) is 6.04. The van der Waals surface area contributed by atoms with Gasteiger partial charge in [-0.05, 0) is 19.8 Å². The van der Waals surface area contributed by atoms with Crippen LogP contribution in [0.2, 0.25) is 0 Å². The Kier molecular flexibility index (Phi) is 15.8. The van der Waals surface area contributed by atoms with Crippen molar-refractivity contribution in [2.75, 3.05) is 21.1 Å². The summed E-state index contributed by atoms with van der Waals surface area (Å²) in [6.45, 7) is 6.43. The van der Waals surface area contributed by atoms with Crippen molar-refractivity contribution in [3.63, 3.8) is 0 Å². The molecule has 0 spiro atoms. The predicted molar refractivity (Wildman–Crippen MR) is 125 cm³/mol. The number of aliphatic carboxylic acids is 1. The van der Waals surface area contributed by atoms with Crippen LogP contribution in [0.4, 0.5) is 0 Å². The Balaban J connectivity index is 4.54. The molecule has 2 unspecified atom stereocenters. The predicted octanol–water partition coefficient (Wildman–Crippen LogP) is 6.49. The molecule has 0 aliphatic rings. The molecule has 0 saturated carbocycles. The van der Waals surface area contributed by atoms with E-state index in [0.29, 0.717) is 4.48 Å². The number of carboxylic acids is 1. The smallest absolute Gasteiger partial charge is 0.139 e. The molecule has 0 saturated heterocycles. The second-order valence-electron chi connectivity index (χ2n) is 10.3. The van der Waals surface area contributed by atoms with Crippen molar-refractivity contribution in [2.45, 2.75) is 135 Å². The fourth-order valence-corrected chi connectivity index (χ4v) is 4.57. The topological polar surface area (TPSA) is 40.1 Å². The van der Waals surface area contributed by atoms with Gasteiger partial charge in [0, 0.05) is 5.92 Å². The third-order valence-electron chi connectivity index (χ3n) is 7.16. The number of likely N-dealkylation sites (N-methyl/N-ethyl adjacent to an activating group) is 1. The molecule has 0 aromatic carbocycles. The van der Waals surface area contributed by atoms with Crippen LogP contribution in [0, 0.1) is 5.92 Å². The third-order valence-corrected chi connectivity index (χ3v) is 7.16. The Hall–Kier alpha value is -0.570. The summed E-state index contributed by atoms with van der Waals surface area (Å²) < 4.78 is 0.438. The van der Waals surface area contributed by atoms with Gasteiger partial charge in [-0.15, -0.1) is 0 Å². The number of unbranched alkanes of at least 4 members (excludes halogenated alkanes) is 13. The van der Waals surface area contributed by atoms with E-state index in [2.05, 4.69) is 13.8 Å². The van der Waals surface area contributed by atoms with E-state index in [0.717, 1.165) is 25.7 Å². The molecule has 0 N–H and O–H groups in total. The van der Waals surface area contributed by atoms with Crippen LogP contribution in [0.3, 0.4) is 0 Å². The lowest BCUT2D eigenvalue weighted by Crippen LogP contribution is -2.68. The van der Waals surface area contributed by atoms with Gasteiger partial charge in [-0.1, -0.05) is 110 Å². The van der Waals surface area contributed by atoms with E-state index in [4.69, 9.17) is 0 Å². The minimum absolute atomic E-state index is 0.197. The molecule has 3 nitrogen and oxygen atoms in total. The highest BCUT2D eigenvalue weighted by Gasteiger charge is 2.46. The molecule has 0 radical (unpaired) electrons. The maximum Gasteiger partial charge on any atom is 0.139 e. The number of carbonyl (C=O) groups is 1. The molecule has 0 aromatic rings. The molecule has 0 bridgehead atoms. The lowest BCUT2D eigenvalue weighted by atomic mass is 9.76. The van der Waals surface area contributed by atoms with Gasteiger partial charge >= 0.3 is 0 Å². The molecule has 0 amide bonds. The number of quaternary nitrogens is 1. The Labute approximate surface area is 183 Å². The maximum absolute atomic E-state index is 12.2. The molecule has 0 aliphatic carbocycles. The van der Waals surface area contributed by atoms with Crippen LogP contribution in [0.25, 0.3) is 0 Å². The van der Waals surface area contributed by atoms with Crippen LogP contribution in [0.15, 0.2) is 0 Å². The van der Waals surface area contributed by atoms with Crippen molar-refractivity contribution in [1.82, 2.24) is 0 Å². The zero-order chi connectivity index (χ0) is 22.2. The standard InChI is InChI=1S/C26H53NO2/c1-7-9-11-13-15-16-17-19-21-23-24(22-20-18-14-12-10-8-2)26(3,25(28)29)27(4,5)6/h24H,7-23H2,1-6H3. The Morgan fingerprint density at radius 2 is 1.00 bits per heavy atom. The summed E-state index contributed by atoms with van der Waals surface area (Å²) in [6, 6.07) is 0. The number of carbonyl (C=O) groups excluding carboxylic acids is 1. The fourth-order valence-electron chi connectivity index (χ4n) is 4.57. The average Bonchev–Trinajstić information content (AvgIpc) is 2.66. The normalized spacial score (nSPS) is 15.2. The van der Waals surface area contributed by atoms with Gasteiger partial charge in [-0.2, -0.15) is 0 Å². The second-order valence-corrected chi connectivity index (χ2v) is 10.3. The summed E-state index contributed by atoms with van der Waals surface area (Å²) >= 11 is 0. The highest BCUT2D eigenvalue weighted by molar-refractivity contribution is 5.75. The number of hydrogen-bond donors (Lipinski definition) is 0. The maximum atomic E-state index is 12.2. The summed E-state index contributed by atoms with van der Waals surface area (Å²) in [5.41, 5.74) is -0.816. The lowest BCUT2D eigenvalue weighted by molar-refractivity contribution is -0.918. The van der Waals surface area contributed by atoms with E-state index in [1.54, 1.807) is 0 Å². The number of hydrogen-bond acceptors (Lipinski definition) is 2. The minimum Gasteiger partial charge on any atom is -0.544 e. The molecule has 0 aliphatic heterocycles. The van der Waals surface area contributed by atoms with Gasteiger partial charge in [-0.3, -0.25) is 0 Å². The first-order chi connectivity index (χ1) is 13.7. The Morgan fingerprint density at radius 3 is 1.28 bits per heavy atom. The first-order valence-electron chi connectivity index (χ1n) is 12.7. The summed E-state index contributed by atoms with van der Waals surface area (Å²) in [6.07, 6.45) is 21.4. The quantitative estimate of drug-likeness (QED) is 0.170. The van der Waals surface area contributed by atoms with E-state index in [1.165, 1.54) is 83.5 Å². The van der Waals surface area contributed by atoms with Crippen molar-refractivity contribution >= 4 is 5.97 Å². The fraction of sp³-hybridized carbons (Fsp3) is 0.962. The van der Waals surface area contributed by atoms with Crippen LogP contribution in [-0.4, -0.2) is 37.1 Å². The largest absolute Gasteiger partial charge is 0.544 e. The summed E-state index contributed by atoms with van der Waals surface area (Å²) in [4.78, 5) is 12.2. The number of carboxylic acid groups (broad SMARTS) is 1. The SMILES string of the molecule is CCCCCCCCCCCC(CCCCCCCC)C(C)(C(=O)[O-])[N+](C)(C)C. The van der Waals surface area contributed by atoms with Gasteiger partial charge < -0.3 is 14.4 Å². The van der Waals surface area contributed by atoms with Gasteiger partial charge in [0.1, 0.15) is 11.5 Å². The van der Waals surface area contributed by atoms with E-state index in [1.807, 2.05) is 28.1 Å².